The van der Waals surface area contributed by atoms with Crippen molar-refractivity contribution in [1.29, 1.82) is 0 Å². The van der Waals surface area contributed by atoms with Gasteiger partial charge < -0.3 is 30.3 Å². The molecule has 2 rings (SSSR count). The molecule has 0 aliphatic carbocycles. The van der Waals surface area contributed by atoms with Gasteiger partial charge in [0.1, 0.15) is 31.8 Å². The van der Waals surface area contributed by atoms with Gasteiger partial charge in [0.15, 0.2) is 18.3 Å². The molecule has 0 radical (unpaired) electrons. The monoisotopic (exact) mass is 907 g/mol. The Morgan fingerprint density at radius 3 is 1.44 bits per heavy atom. The second-order valence-electron chi connectivity index (χ2n) is 19.8. The zero-order valence-corrected chi connectivity index (χ0v) is 40.0. The van der Waals surface area contributed by atoms with Crippen molar-refractivity contribution < 1.29 is 53.2 Å². The van der Waals surface area contributed by atoms with Crippen LogP contribution >= 0.6 is 0 Å². The number of rotatable bonds is 26. The highest BCUT2D eigenvalue weighted by Gasteiger charge is 2.25. The molecule has 0 aliphatic heterocycles. The van der Waals surface area contributed by atoms with E-state index in [-0.39, 0.29) is 73.8 Å². The number of aliphatic carboxylic acids is 2. The lowest BCUT2D eigenvalue weighted by atomic mass is 9.91. The van der Waals surface area contributed by atoms with Crippen molar-refractivity contribution in [3.8, 4) is 0 Å². The van der Waals surface area contributed by atoms with Gasteiger partial charge in [-0.25, -0.2) is 14.2 Å². The van der Waals surface area contributed by atoms with Crippen LogP contribution < -0.4 is 21.3 Å². The summed E-state index contributed by atoms with van der Waals surface area (Å²) in [5.41, 5.74) is -0.652. The lowest BCUT2D eigenvalue weighted by Gasteiger charge is -2.26. The standard InChI is InChI=1S/C23H39N5O7.C20H35N5O4/c1-22(2,3)18(29)13-34-14-20(31)35-15-28-12-16(26-27-28)11-19(30)24-10-8-7-9-17(21(32)33)25-23(4,5)6;1-19(2,3)16(26)13-25-12-14(23-24-25)11-17(27)21-10-8-7-9-15(18(28)29)22-20(4,5)6/h12,17,25H,7-11,13-15H2,1-6H3,(H,24,30)(H,32,33);12,15,22H,7-11,13H2,1-6H3,(H,21,27)(H,28,29)/t17-;15-/m01/s1. The van der Waals surface area contributed by atoms with Crippen LogP contribution in [0.3, 0.4) is 0 Å². The Morgan fingerprint density at radius 2 is 1.03 bits per heavy atom. The Labute approximate surface area is 376 Å². The Balaban J connectivity index is 0.000000651. The number of hydrogen-bond acceptors (Lipinski definition) is 15. The van der Waals surface area contributed by atoms with Gasteiger partial charge in [-0.3, -0.25) is 39.4 Å². The van der Waals surface area contributed by atoms with E-state index in [1.165, 1.54) is 15.6 Å². The van der Waals surface area contributed by atoms with E-state index < -0.39 is 40.8 Å². The van der Waals surface area contributed by atoms with Gasteiger partial charge in [0.2, 0.25) is 11.8 Å². The van der Waals surface area contributed by atoms with Crippen LogP contribution in [0.25, 0.3) is 0 Å². The summed E-state index contributed by atoms with van der Waals surface area (Å²) in [5.74, 6) is -2.90. The maximum atomic E-state index is 12.1. The lowest BCUT2D eigenvalue weighted by molar-refractivity contribution is -0.154. The number of carbonyl (C=O) groups excluding carboxylic acids is 5. The van der Waals surface area contributed by atoms with Crippen molar-refractivity contribution in [2.24, 2.45) is 10.8 Å². The summed E-state index contributed by atoms with van der Waals surface area (Å²) in [6.07, 6.45) is 6.84. The van der Waals surface area contributed by atoms with Gasteiger partial charge in [-0.15, -0.1) is 10.2 Å². The molecule has 0 saturated heterocycles. The summed E-state index contributed by atoms with van der Waals surface area (Å²) in [5, 5.41) is 45.8. The molecule has 2 aromatic rings. The summed E-state index contributed by atoms with van der Waals surface area (Å²) in [6, 6.07) is -1.23. The fraction of sp³-hybridized carbons (Fsp3) is 0.744. The molecule has 0 saturated carbocycles. The number of esters is 1. The summed E-state index contributed by atoms with van der Waals surface area (Å²) in [7, 11) is 0. The number of unbranched alkanes of at least 4 members (excludes halogenated alkanes) is 2. The number of nitrogens with zero attached hydrogens (tertiary/aromatic N) is 6. The minimum atomic E-state index is -0.888. The number of carbonyl (C=O) groups is 7. The summed E-state index contributed by atoms with van der Waals surface area (Å²) >= 11 is 0. The van der Waals surface area contributed by atoms with Gasteiger partial charge in [0.25, 0.3) is 0 Å². The first-order valence-corrected chi connectivity index (χ1v) is 21.6. The number of hydrogen-bond donors (Lipinski definition) is 6. The van der Waals surface area contributed by atoms with E-state index >= 15 is 0 Å². The first-order valence-electron chi connectivity index (χ1n) is 21.6. The molecule has 6 N–H and O–H groups in total. The first kappa shape index (κ1) is 56.9. The molecule has 64 heavy (non-hydrogen) atoms. The Morgan fingerprint density at radius 1 is 0.609 bits per heavy atom. The van der Waals surface area contributed by atoms with E-state index in [0.29, 0.717) is 63.0 Å². The van der Waals surface area contributed by atoms with Crippen LogP contribution in [-0.4, -0.2) is 131 Å². The topological polar surface area (TPSA) is 288 Å². The molecule has 0 unspecified atom stereocenters. The largest absolute Gasteiger partial charge is 0.480 e. The number of ether oxygens (including phenoxy) is 2. The molecule has 0 fully saturated rings. The van der Waals surface area contributed by atoms with Gasteiger partial charge in [-0.2, -0.15) is 0 Å². The van der Waals surface area contributed by atoms with Crippen LogP contribution in [0.1, 0.15) is 133 Å². The fourth-order valence-electron chi connectivity index (χ4n) is 5.40. The third-order valence-electron chi connectivity index (χ3n) is 8.94. The zero-order valence-electron chi connectivity index (χ0n) is 40.0. The minimum absolute atomic E-state index is 0.00923. The number of aromatic nitrogens is 6. The molecule has 21 nitrogen and oxygen atoms in total. The number of carboxylic acids is 2. The predicted octanol–water partition coefficient (Wildman–Crippen LogP) is 2.64. The smallest absolute Gasteiger partial charge is 0.333 e. The maximum Gasteiger partial charge on any atom is 0.333 e. The van der Waals surface area contributed by atoms with Gasteiger partial charge >= 0.3 is 17.9 Å². The fourth-order valence-corrected chi connectivity index (χ4v) is 5.40. The van der Waals surface area contributed by atoms with Gasteiger partial charge in [0, 0.05) is 41.2 Å². The first-order chi connectivity index (χ1) is 29.4. The number of ketones is 2. The van der Waals surface area contributed by atoms with Gasteiger partial charge in [-0.05, 0) is 80.1 Å². The van der Waals surface area contributed by atoms with Gasteiger partial charge in [-0.1, -0.05) is 52.0 Å². The highest BCUT2D eigenvalue weighted by molar-refractivity contribution is 5.85. The van der Waals surface area contributed by atoms with Crippen molar-refractivity contribution in [3.63, 3.8) is 0 Å². The van der Waals surface area contributed by atoms with E-state index in [9.17, 15) is 43.8 Å². The van der Waals surface area contributed by atoms with E-state index in [4.69, 9.17) is 9.47 Å². The second kappa shape index (κ2) is 26.6. The summed E-state index contributed by atoms with van der Waals surface area (Å²) in [6.45, 7) is 22.7. The summed E-state index contributed by atoms with van der Waals surface area (Å²) in [4.78, 5) is 82.3. The number of carboxylic acid groups (broad SMARTS) is 2. The molecule has 0 aliphatic rings. The van der Waals surface area contributed by atoms with Crippen molar-refractivity contribution in [3.05, 3.63) is 23.8 Å². The molecule has 2 heterocycles. The Hall–Kier alpha value is -5.15. The quantitative estimate of drug-likeness (QED) is 0.0584. The third kappa shape index (κ3) is 26.5. The van der Waals surface area contributed by atoms with Crippen LogP contribution in [0.5, 0.6) is 0 Å². The highest BCUT2D eigenvalue weighted by atomic mass is 16.6. The van der Waals surface area contributed by atoms with Crippen molar-refractivity contribution in [2.75, 3.05) is 26.3 Å². The summed E-state index contributed by atoms with van der Waals surface area (Å²) < 4.78 is 12.8. The van der Waals surface area contributed by atoms with Crippen molar-refractivity contribution >= 4 is 41.3 Å². The predicted molar refractivity (Wildman–Crippen MR) is 236 cm³/mol. The molecular weight excluding hydrogens is 833 g/mol. The minimum Gasteiger partial charge on any atom is -0.480 e. The second-order valence-corrected chi connectivity index (χ2v) is 19.8. The molecule has 362 valence electrons. The normalized spacial score (nSPS) is 12.9. The maximum absolute atomic E-state index is 12.1. The molecule has 21 heteroatoms. The molecule has 0 aromatic carbocycles. The average Bonchev–Trinajstić information content (AvgIpc) is 3.79. The molecule has 2 atom stereocenters. The molecule has 2 amide bonds. The number of Topliss-reactive ketones (excluding diaryl/α,β-unsaturated/α-hetero) is 2. The van der Waals surface area contributed by atoms with Gasteiger partial charge in [0.05, 0.1) is 30.4 Å². The number of amides is 2. The van der Waals surface area contributed by atoms with Crippen LogP contribution in [0.4, 0.5) is 0 Å². The van der Waals surface area contributed by atoms with Crippen molar-refractivity contribution in [2.45, 2.75) is 171 Å². The van der Waals surface area contributed by atoms with Crippen LogP contribution in [0, 0.1) is 10.8 Å². The van der Waals surface area contributed by atoms with E-state index in [1.54, 1.807) is 27.0 Å². The van der Waals surface area contributed by atoms with Crippen LogP contribution in [0.2, 0.25) is 0 Å². The number of nitrogens with one attached hydrogen (secondary N) is 4. The SMILES string of the molecule is CC(C)(C)N[C@@H](CCCCNC(=O)Cc1cn(COC(=O)COCC(=O)C(C)(C)C)nn1)C(=O)O.CC(C)(C)N[C@H](CCCCNC(=O)Cc1cn(CC(=O)C(C)(C)C)nn1)C(=O)O. The molecular formula is C43H74N10O11. The van der Waals surface area contributed by atoms with E-state index in [1.807, 2.05) is 62.3 Å². The lowest BCUT2D eigenvalue weighted by Crippen LogP contribution is -2.47. The molecule has 0 spiro atoms. The van der Waals surface area contributed by atoms with E-state index in [2.05, 4.69) is 41.9 Å². The van der Waals surface area contributed by atoms with Crippen LogP contribution in [0.15, 0.2) is 12.4 Å². The highest BCUT2D eigenvalue weighted by Crippen LogP contribution is 2.16. The Kier molecular flexibility index (Phi) is 23.6. The average molecular weight is 907 g/mol. The Bertz CT molecular complexity index is 1820. The third-order valence-corrected chi connectivity index (χ3v) is 8.94. The zero-order chi connectivity index (χ0) is 48.9. The molecule has 2 aromatic heterocycles. The molecule has 0 bridgehead atoms. The van der Waals surface area contributed by atoms with Crippen LogP contribution in [-0.2, 0) is 69.2 Å². The van der Waals surface area contributed by atoms with Crippen molar-refractivity contribution in [1.82, 2.24) is 51.3 Å². The van der Waals surface area contributed by atoms with E-state index in [0.717, 1.165) is 0 Å².